The molecule has 0 aromatic carbocycles. The highest BCUT2D eigenvalue weighted by atomic mass is 16.5. The molecule has 22 heavy (non-hydrogen) atoms. The van der Waals surface area contributed by atoms with Gasteiger partial charge in [-0.1, -0.05) is 0 Å². The molecule has 0 bridgehead atoms. The molecule has 7 heteroatoms. The molecule has 0 spiro atoms. The van der Waals surface area contributed by atoms with Crippen molar-refractivity contribution in [3.8, 4) is 0 Å². The van der Waals surface area contributed by atoms with E-state index in [1.807, 2.05) is 23.1 Å². The Balaban J connectivity index is 1.62. The van der Waals surface area contributed by atoms with Crippen LogP contribution < -0.4 is 5.32 Å². The van der Waals surface area contributed by atoms with Crippen LogP contribution in [0, 0.1) is 0 Å². The van der Waals surface area contributed by atoms with Crippen LogP contribution >= 0.6 is 0 Å². The summed E-state index contributed by atoms with van der Waals surface area (Å²) in [6.45, 7) is 1.62. The lowest BCUT2D eigenvalue weighted by atomic mass is 10.2. The third-order valence-electron chi connectivity index (χ3n) is 3.80. The second kappa shape index (κ2) is 6.65. The maximum atomic E-state index is 12.4. The Labute approximate surface area is 128 Å². The summed E-state index contributed by atoms with van der Waals surface area (Å²) in [4.78, 5) is 14.2. The van der Waals surface area contributed by atoms with E-state index in [2.05, 4.69) is 15.5 Å². The van der Waals surface area contributed by atoms with Gasteiger partial charge in [-0.05, 0) is 31.0 Å². The topological polar surface area (TPSA) is 83.4 Å². The van der Waals surface area contributed by atoms with Crippen LogP contribution in [0.4, 0.5) is 4.79 Å². The molecular weight excluding hydrogens is 284 g/mol. The molecule has 1 unspecified atom stereocenters. The van der Waals surface area contributed by atoms with E-state index in [1.54, 1.807) is 13.3 Å². The van der Waals surface area contributed by atoms with E-state index in [-0.39, 0.29) is 12.1 Å². The van der Waals surface area contributed by atoms with E-state index in [4.69, 9.17) is 9.15 Å². The number of hydrogen-bond acceptors (Lipinski definition) is 4. The number of nitrogens with one attached hydrogen (secondary N) is 2. The Morgan fingerprint density at radius 1 is 1.55 bits per heavy atom. The molecule has 2 aromatic rings. The summed E-state index contributed by atoms with van der Waals surface area (Å²) in [5.41, 5.74) is 0.879. The molecule has 2 amide bonds. The molecule has 1 aliphatic rings. The number of nitrogens with zero attached hydrogens (tertiary/aromatic N) is 2. The summed E-state index contributed by atoms with van der Waals surface area (Å²) in [5.74, 6) is 1.60. The van der Waals surface area contributed by atoms with Crippen LogP contribution in [0.2, 0.25) is 0 Å². The number of aromatic amines is 1. The predicted molar refractivity (Wildman–Crippen MR) is 78.9 cm³/mol. The first-order valence-electron chi connectivity index (χ1n) is 7.38. The summed E-state index contributed by atoms with van der Waals surface area (Å²) >= 11 is 0. The van der Waals surface area contributed by atoms with Crippen molar-refractivity contribution in [2.45, 2.75) is 32.0 Å². The maximum Gasteiger partial charge on any atom is 0.318 e. The van der Waals surface area contributed by atoms with E-state index in [1.165, 1.54) is 0 Å². The van der Waals surface area contributed by atoms with Gasteiger partial charge in [0, 0.05) is 19.9 Å². The van der Waals surface area contributed by atoms with Crippen molar-refractivity contribution >= 4 is 6.03 Å². The molecule has 2 aromatic heterocycles. The first kappa shape index (κ1) is 14.6. The van der Waals surface area contributed by atoms with Gasteiger partial charge in [0.2, 0.25) is 0 Å². The Hall–Kier alpha value is -2.28. The highest BCUT2D eigenvalue weighted by molar-refractivity contribution is 5.75. The number of aromatic nitrogens is 2. The minimum Gasteiger partial charge on any atom is -0.461 e. The van der Waals surface area contributed by atoms with E-state index in [9.17, 15) is 4.79 Å². The monoisotopic (exact) mass is 304 g/mol. The van der Waals surface area contributed by atoms with Gasteiger partial charge in [0.15, 0.2) is 0 Å². The average molecular weight is 304 g/mol. The maximum absolute atomic E-state index is 12.4. The summed E-state index contributed by atoms with van der Waals surface area (Å²) in [6, 6.07) is 5.58. The number of urea groups is 1. The number of carbonyl (C=O) groups is 1. The van der Waals surface area contributed by atoms with Gasteiger partial charge in [-0.25, -0.2) is 4.79 Å². The van der Waals surface area contributed by atoms with E-state index in [0.717, 1.165) is 36.6 Å². The fourth-order valence-corrected chi connectivity index (χ4v) is 2.75. The van der Waals surface area contributed by atoms with E-state index < -0.39 is 0 Å². The molecule has 7 nitrogen and oxygen atoms in total. The minimum absolute atomic E-state index is 0.00706. The highest BCUT2D eigenvalue weighted by Crippen LogP contribution is 2.33. The number of likely N-dealkylation sites (tertiary alicyclic amines) is 1. The van der Waals surface area contributed by atoms with Gasteiger partial charge in [0.25, 0.3) is 0 Å². The fraction of sp³-hybridized carbons (Fsp3) is 0.467. The van der Waals surface area contributed by atoms with Gasteiger partial charge in [-0.2, -0.15) is 5.10 Å². The van der Waals surface area contributed by atoms with Crippen molar-refractivity contribution in [1.82, 2.24) is 20.4 Å². The Morgan fingerprint density at radius 3 is 3.23 bits per heavy atom. The first-order valence-corrected chi connectivity index (χ1v) is 7.38. The standard InChI is InChI=1S/C15H20N4O3/c1-21-10-12-4-5-14(22-12)13-3-2-8-19(13)15(20)16-9-11-6-7-17-18-11/h4-7,13H,2-3,8-10H2,1H3,(H,16,20)(H,17,18). The molecule has 118 valence electrons. The van der Waals surface area contributed by atoms with Crippen LogP contribution in [0.15, 0.2) is 28.8 Å². The zero-order valence-corrected chi connectivity index (χ0v) is 12.5. The van der Waals surface area contributed by atoms with E-state index >= 15 is 0 Å². The van der Waals surface area contributed by atoms with Crippen molar-refractivity contribution in [1.29, 1.82) is 0 Å². The zero-order valence-electron chi connectivity index (χ0n) is 12.5. The van der Waals surface area contributed by atoms with Crippen molar-refractivity contribution in [2.75, 3.05) is 13.7 Å². The fourth-order valence-electron chi connectivity index (χ4n) is 2.75. The van der Waals surface area contributed by atoms with Crippen LogP contribution in [-0.2, 0) is 17.9 Å². The van der Waals surface area contributed by atoms with Crippen LogP contribution in [-0.4, -0.2) is 34.8 Å². The van der Waals surface area contributed by atoms with Crippen molar-refractivity contribution < 1.29 is 13.9 Å². The Morgan fingerprint density at radius 2 is 2.45 bits per heavy atom. The molecule has 3 rings (SSSR count). The predicted octanol–water partition coefficient (Wildman–Crippen LogP) is 2.20. The van der Waals surface area contributed by atoms with Crippen LogP contribution in [0.1, 0.15) is 36.1 Å². The number of ether oxygens (including phenoxy) is 1. The summed E-state index contributed by atoms with van der Waals surface area (Å²) < 4.78 is 10.8. The lowest BCUT2D eigenvalue weighted by molar-refractivity contribution is 0.156. The number of carbonyl (C=O) groups excluding carboxylic acids is 1. The number of hydrogen-bond donors (Lipinski definition) is 2. The normalized spacial score (nSPS) is 17.9. The summed E-state index contributed by atoms with van der Waals surface area (Å²) in [5, 5.41) is 9.60. The van der Waals surface area contributed by atoms with Crippen LogP contribution in [0.5, 0.6) is 0 Å². The van der Waals surface area contributed by atoms with Gasteiger partial charge in [0.1, 0.15) is 18.1 Å². The Kier molecular flexibility index (Phi) is 4.43. The number of methoxy groups -OCH3 is 1. The lowest BCUT2D eigenvalue weighted by Gasteiger charge is -2.23. The molecule has 1 fully saturated rings. The number of rotatable bonds is 5. The molecular formula is C15H20N4O3. The van der Waals surface area contributed by atoms with E-state index in [0.29, 0.717) is 13.2 Å². The largest absolute Gasteiger partial charge is 0.461 e. The highest BCUT2D eigenvalue weighted by Gasteiger charge is 2.32. The van der Waals surface area contributed by atoms with Crippen molar-refractivity contribution in [2.24, 2.45) is 0 Å². The van der Waals surface area contributed by atoms with Gasteiger partial charge >= 0.3 is 6.03 Å². The minimum atomic E-state index is -0.0817. The van der Waals surface area contributed by atoms with Gasteiger partial charge in [-0.15, -0.1) is 0 Å². The molecule has 2 N–H and O–H groups in total. The third-order valence-corrected chi connectivity index (χ3v) is 3.80. The average Bonchev–Trinajstić information content (AvgIpc) is 3.25. The second-order valence-electron chi connectivity index (χ2n) is 5.33. The number of furan rings is 1. The molecule has 1 aliphatic heterocycles. The Bertz CT molecular complexity index is 608. The quantitative estimate of drug-likeness (QED) is 0.887. The second-order valence-corrected chi connectivity index (χ2v) is 5.33. The molecule has 1 atom stereocenters. The number of amides is 2. The smallest absolute Gasteiger partial charge is 0.318 e. The summed E-state index contributed by atoms with van der Waals surface area (Å²) in [7, 11) is 1.63. The van der Waals surface area contributed by atoms with Gasteiger partial charge in [0.05, 0.1) is 18.3 Å². The first-order chi connectivity index (χ1) is 10.8. The van der Waals surface area contributed by atoms with Crippen LogP contribution in [0.3, 0.4) is 0 Å². The SMILES string of the molecule is COCc1ccc(C2CCCN2C(=O)NCc2ccn[nH]2)o1. The number of H-pyrrole nitrogens is 1. The van der Waals surface area contributed by atoms with Crippen LogP contribution in [0.25, 0.3) is 0 Å². The zero-order chi connectivity index (χ0) is 15.4. The summed E-state index contributed by atoms with van der Waals surface area (Å²) in [6.07, 6.45) is 3.56. The van der Waals surface area contributed by atoms with Gasteiger partial charge in [-0.3, -0.25) is 5.10 Å². The molecule has 0 aliphatic carbocycles. The van der Waals surface area contributed by atoms with Crippen molar-refractivity contribution in [3.63, 3.8) is 0 Å². The van der Waals surface area contributed by atoms with Crippen molar-refractivity contribution in [3.05, 3.63) is 41.6 Å². The van der Waals surface area contributed by atoms with Gasteiger partial charge < -0.3 is 19.4 Å². The molecule has 0 saturated carbocycles. The third kappa shape index (κ3) is 3.14. The molecule has 3 heterocycles. The molecule has 0 radical (unpaired) electrons. The molecule has 1 saturated heterocycles. The lowest BCUT2D eigenvalue weighted by Crippen LogP contribution is -2.39.